The summed E-state index contributed by atoms with van der Waals surface area (Å²) in [5, 5.41) is 17.0. The molecule has 1 aliphatic carbocycles. The molecule has 0 amide bonds. The monoisotopic (exact) mass is 1140 g/mol. The highest BCUT2D eigenvalue weighted by molar-refractivity contribution is 6.33. The molecule has 0 saturated carbocycles. The summed E-state index contributed by atoms with van der Waals surface area (Å²) < 4.78 is 0. The van der Waals surface area contributed by atoms with Gasteiger partial charge in [0.1, 0.15) is 0 Å². The van der Waals surface area contributed by atoms with Crippen molar-refractivity contribution in [2.24, 2.45) is 0 Å². The van der Waals surface area contributed by atoms with Crippen LogP contribution in [-0.4, -0.2) is 0 Å². The Morgan fingerprint density at radius 1 is 0.222 bits per heavy atom. The second kappa shape index (κ2) is 22.3. The van der Waals surface area contributed by atoms with Crippen LogP contribution in [0.3, 0.4) is 0 Å². The van der Waals surface area contributed by atoms with E-state index in [1.54, 1.807) is 0 Å². The molecule has 0 saturated heterocycles. The Hall–Kier alpha value is -11.6. The topological polar surface area (TPSA) is 6.48 Å². The molecule has 422 valence electrons. The average Bonchev–Trinajstić information content (AvgIpc) is 0.716. The number of rotatable bonds is 11. The molecule has 0 atom stereocenters. The molecule has 0 N–H and O–H groups in total. The standard InChI is InChI=1S/C88H60N2/c1-4-18-59(19-5-1)72-40-50-80-84(56-72)85-57-73(60-20-6-2-7-21-60)41-51-81(85)88-86(67-38-44-75(45-39-67)90(78-48-34-63-24-12-16-30-70(63)54-78)79-49-35-64-25-13-17-31-71(64)55-79)82(65-26-8-3-9-27-65)58-83(87(80)88)66-36-42-74(43-37-66)89(76-46-32-61-22-10-14-28-68(61)52-76)77-47-33-62-23-11-15-29-69(62)53-77/h1-2,4-8,10-58H,3,9H2. The summed E-state index contributed by atoms with van der Waals surface area (Å²) in [6, 6.07) is 119. The normalized spacial score (nSPS) is 12.4. The molecule has 0 spiro atoms. The highest BCUT2D eigenvalue weighted by Gasteiger charge is 2.25. The van der Waals surface area contributed by atoms with Crippen molar-refractivity contribution in [3.63, 3.8) is 0 Å². The minimum atomic E-state index is 0.972. The third-order valence-electron chi connectivity index (χ3n) is 18.5. The van der Waals surface area contributed by atoms with Gasteiger partial charge >= 0.3 is 0 Å². The minimum absolute atomic E-state index is 0.972. The molecule has 2 nitrogen and oxygen atoms in total. The molecular formula is C88H60N2. The lowest BCUT2D eigenvalue weighted by molar-refractivity contribution is 1.04. The third-order valence-corrected chi connectivity index (χ3v) is 18.5. The van der Waals surface area contributed by atoms with Gasteiger partial charge in [-0.25, -0.2) is 0 Å². The fourth-order valence-corrected chi connectivity index (χ4v) is 14.1. The van der Waals surface area contributed by atoms with Gasteiger partial charge in [0.05, 0.1) is 0 Å². The highest BCUT2D eigenvalue weighted by atomic mass is 15.1. The van der Waals surface area contributed by atoms with Crippen molar-refractivity contribution in [1.29, 1.82) is 0 Å². The van der Waals surface area contributed by atoms with Gasteiger partial charge in [0, 0.05) is 34.1 Å². The molecule has 0 heterocycles. The molecular weight excluding hydrogens is 1080 g/mol. The fourth-order valence-electron chi connectivity index (χ4n) is 14.1. The minimum Gasteiger partial charge on any atom is -0.310 e. The quantitative estimate of drug-likeness (QED) is 0.119. The van der Waals surface area contributed by atoms with Crippen LogP contribution in [0.15, 0.2) is 340 Å². The van der Waals surface area contributed by atoms with Crippen LogP contribution in [0.4, 0.5) is 34.1 Å². The van der Waals surface area contributed by atoms with Gasteiger partial charge in [-0.15, -0.1) is 0 Å². The van der Waals surface area contributed by atoms with E-state index < -0.39 is 0 Å². The molecule has 0 radical (unpaired) electrons. The maximum atomic E-state index is 2.53. The predicted octanol–water partition coefficient (Wildman–Crippen LogP) is 25.1. The Balaban J connectivity index is 0.922. The predicted molar refractivity (Wildman–Crippen MR) is 386 cm³/mol. The van der Waals surface area contributed by atoms with Gasteiger partial charge in [-0.05, 0) is 235 Å². The van der Waals surface area contributed by atoms with E-state index in [9.17, 15) is 0 Å². The van der Waals surface area contributed by atoms with Gasteiger partial charge in [-0.2, -0.15) is 0 Å². The smallest absolute Gasteiger partial charge is 0.0468 e. The third kappa shape index (κ3) is 9.45. The van der Waals surface area contributed by atoms with Crippen molar-refractivity contribution in [1.82, 2.24) is 0 Å². The van der Waals surface area contributed by atoms with Gasteiger partial charge in [0.2, 0.25) is 0 Å². The number of allylic oxidation sites excluding steroid dienone is 4. The van der Waals surface area contributed by atoms with E-state index in [4.69, 9.17) is 0 Å². The summed E-state index contributed by atoms with van der Waals surface area (Å²) in [6.45, 7) is 0. The van der Waals surface area contributed by atoms with E-state index in [1.807, 2.05) is 0 Å². The Bertz CT molecular complexity index is 5370. The molecule has 16 aromatic carbocycles. The first-order chi connectivity index (χ1) is 44.6. The van der Waals surface area contributed by atoms with E-state index >= 15 is 0 Å². The van der Waals surface area contributed by atoms with Gasteiger partial charge in [-0.3, -0.25) is 0 Å². The maximum Gasteiger partial charge on any atom is 0.0468 e. The van der Waals surface area contributed by atoms with E-state index in [2.05, 4.69) is 350 Å². The van der Waals surface area contributed by atoms with E-state index in [0.29, 0.717) is 0 Å². The summed E-state index contributed by atoms with van der Waals surface area (Å²) in [7, 11) is 0. The first kappa shape index (κ1) is 52.7. The van der Waals surface area contributed by atoms with Crippen molar-refractivity contribution in [2.45, 2.75) is 12.8 Å². The van der Waals surface area contributed by atoms with E-state index in [0.717, 1.165) is 58.1 Å². The van der Waals surface area contributed by atoms with Crippen LogP contribution in [0, 0.1) is 0 Å². The van der Waals surface area contributed by atoms with E-state index in [-0.39, 0.29) is 0 Å². The van der Waals surface area contributed by atoms with Crippen LogP contribution in [0.1, 0.15) is 18.4 Å². The highest BCUT2D eigenvalue weighted by Crippen LogP contribution is 2.51. The van der Waals surface area contributed by atoms with Crippen molar-refractivity contribution in [3.05, 3.63) is 345 Å². The molecule has 0 fully saturated rings. The Morgan fingerprint density at radius 3 is 1.00 bits per heavy atom. The maximum absolute atomic E-state index is 2.53. The van der Waals surface area contributed by atoms with Crippen molar-refractivity contribution < 1.29 is 0 Å². The van der Waals surface area contributed by atoms with Gasteiger partial charge < -0.3 is 9.80 Å². The number of anilines is 6. The summed E-state index contributed by atoms with van der Waals surface area (Å²) in [5.74, 6) is 0. The molecule has 1 aliphatic rings. The summed E-state index contributed by atoms with van der Waals surface area (Å²) in [5.41, 5.74) is 18.5. The molecule has 0 aliphatic heterocycles. The van der Waals surface area contributed by atoms with Crippen LogP contribution in [-0.2, 0) is 0 Å². The number of nitrogens with zero attached hydrogens (tertiary/aromatic N) is 2. The Labute approximate surface area is 524 Å². The zero-order valence-electron chi connectivity index (χ0n) is 49.6. The largest absolute Gasteiger partial charge is 0.310 e. The lowest BCUT2D eigenvalue weighted by atomic mass is 9.80. The number of hydrogen-bond donors (Lipinski definition) is 0. The molecule has 90 heavy (non-hydrogen) atoms. The van der Waals surface area contributed by atoms with Crippen molar-refractivity contribution in [3.8, 4) is 44.5 Å². The SMILES string of the molecule is C1=CC(c2cc(-c3ccc(N(c4ccc5ccccc5c4)c4ccc5ccccc5c4)cc3)c3c4ccc(-c5ccccc5)cc4c4cc(-c5ccccc5)ccc4c3c2-c2ccc(N(c3ccc4ccccc4c3)c3ccc4ccccc4c3)cc2)=CCC1. The molecule has 0 unspecified atom stereocenters. The van der Waals surface area contributed by atoms with E-state index in [1.165, 1.54) is 120 Å². The fraction of sp³-hybridized carbons (Fsp3) is 0.0227. The summed E-state index contributed by atoms with van der Waals surface area (Å²) in [4.78, 5) is 4.83. The van der Waals surface area contributed by atoms with Crippen LogP contribution in [0.5, 0.6) is 0 Å². The first-order valence-corrected chi connectivity index (χ1v) is 31.3. The summed E-state index contributed by atoms with van der Waals surface area (Å²) in [6.07, 6.45) is 9.17. The van der Waals surface area contributed by atoms with Crippen molar-refractivity contribution in [2.75, 3.05) is 9.80 Å². The zero-order chi connectivity index (χ0) is 59.5. The van der Waals surface area contributed by atoms with Crippen LogP contribution in [0.25, 0.3) is 125 Å². The molecule has 0 bridgehead atoms. The van der Waals surface area contributed by atoms with Crippen LogP contribution < -0.4 is 9.80 Å². The lowest BCUT2D eigenvalue weighted by Gasteiger charge is -2.27. The molecule has 16 aromatic rings. The van der Waals surface area contributed by atoms with Gasteiger partial charge in [0.15, 0.2) is 0 Å². The summed E-state index contributed by atoms with van der Waals surface area (Å²) >= 11 is 0. The van der Waals surface area contributed by atoms with Gasteiger partial charge in [0.25, 0.3) is 0 Å². The molecule has 17 rings (SSSR count). The van der Waals surface area contributed by atoms with Crippen LogP contribution in [0.2, 0.25) is 0 Å². The average molecular weight is 1150 g/mol. The number of hydrogen-bond acceptors (Lipinski definition) is 2. The Morgan fingerprint density at radius 2 is 0.589 bits per heavy atom. The Kier molecular flexibility index (Phi) is 13.1. The second-order valence-corrected chi connectivity index (χ2v) is 23.9. The lowest BCUT2D eigenvalue weighted by Crippen LogP contribution is -2.10. The van der Waals surface area contributed by atoms with Crippen LogP contribution >= 0.6 is 0 Å². The molecule has 0 aromatic heterocycles. The number of fused-ring (bicyclic) bond motifs is 10. The van der Waals surface area contributed by atoms with Crippen molar-refractivity contribution >= 4 is 115 Å². The second-order valence-electron chi connectivity index (χ2n) is 23.9. The van der Waals surface area contributed by atoms with Gasteiger partial charge in [-0.1, -0.05) is 249 Å². The first-order valence-electron chi connectivity index (χ1n) is 31.3. The molecule has 2 heteroatoms. The zero-order valence-corrected chi connectivity index (χ0v) is 49.6. The number of benzene rings is 16.